The zero-order chi connectivity index (χ0) is 18.6. The standard InChI is InChI=1S/C18H15ClF3NO2/c1-11(2)10-25-16-6-4-3-5-13(16)17(24)23-15-9-12(18(20,21)22)7-8-14(15)19/h3-9H,1,10H2,2H3,(H,23,24). The number of rotatable bonds is 5. The van der Waals surface area contributed by atoms with Gasteiger partial charge >= 0.3 is 6.18 Å². The fourth-order valence-electron chi connectivity index (χ4n) is 1.97. The van der Waals surface area contributed by atoms with Gasteiger partial charge in [-0.25, -0.2) is 0 Å². The highest BCUT2D eigenvalue weighted by atomic mass is 35.5. The Morgan fingerprint density at radius 2 is 1.92 bits per heavy atom. The minimum Gasteiger partial charge on any atom is -0.488 e. The van der Waals surface area contributed by atoms with Gasteiger partial charge in [0, 0.05) is 0 Å². The van der Waals surface area contributed by atoms with Crippen molar-refractivity contribution in [3.63, 3.8) is 0 Å². The van der Waals surface area contributed by atoms with E-state index in [2.05, 4.69) is 11.9 Å². The molecule has 0 aliphatic heterocycles. The quantitative estimate of drug-likeness (QED) is 0.700. The number of para-hydroxylation sites is 1. The first-order valence-electron chi connectivity index (χ1n) is 7.23. The lowest BCUT2D eigenvalue weighted by Gasteiger charge is -2.14. The van der Waals surface area contributed by atoms with Gasteiger partial charge in [0.05, 0.1) is 21.8 Å². The zero-order valence-electron chi connectivity index (χ0n) is 13.3. The molecule has 0 bridgehead atoms. The molecule has 0 heterocycles. The molecule has 0 fully saturated rings. The topological polar surface area (TPSA) is 38.3 Å². The van der Waals surface area contributed by atoms with Crippen molar-refractivity contribution >= 4 is 23.2 Å². The van der Waals surface area contributed by atoms with Gasteiger partial charge in [-0.05, 0) is 42.8 Å². The summed E-state index contributed by atoms with van der Waals surface area (Å²) in [6.07, 6.45) is -4.54. The normalized spacial score (nSPS) is 11.1. The largest absolute Gasteiger partial charge is 0.488 e. The van der Waals surface area contributed by atoms with E-state index < -0.39 is 17.6 Å². The molecule has 0 aliphatic carbocycles. The molecule has 3 nitrogen and oxygen atoms in total. The van der Waals surface area contributed by atoms with Crippen LogP contribution in [0.3, 0.4) is 0 Å². The van der Waals surface area contributed by atoms with E-state index >= 15 is 0 Å². The van der Waals surface area contributed by atoms with Crippen molar-refractivity contribution in [1.29, 1.82) is 0 Å². The number of carbonyl (C=O) groups is 1. The molecule has 0 unspecified atom stereocenters. The molecule has 2 aromatic rings. The Labute approximate surface area is 148 Å². The molecule has 1 amide bonds. The van der Waals surface area contributed by atoms with Crippen LogP contribution in [-0.4, -0.2) is 12.5 Å². The van der Waals surface area contributed by atoms with Gasteiger partial charge in [0.1, 0.15) is 12.4 Å². The van der Waals surface area contributed by atoms with Crippen LogP contribution in [0.15, 0.2) is 54.6 Å². The van der Waals surface area contributed by atoms with Gasteiger partial charge in [0.25, 0.3) is 5.91 Å². The third-order valence-corrected chi connectivity index (χ3v) is 3.48. The number of hydrogen-bond donors (Lipinski definition) is 1. The number of halogens is 4. The highest BCUT2D eigenvalue weighted by Gasteiger charge is 2.31. The fourth-order valence-corrected chi connectivity index (χ4v) is 2.13. The van der Waals surface area contributed by atoms with Crippen LogP contribution in [0.1, 0.15) is 22.8 Å². The summed E-state index contributed by atoms with van der Waals surface area (Å²) in [7, 11) is 0. The van der Waals surface area contributed by atoms with Crippen molar-refractivity contribution in [3.05, 3.63) is 70.8 Å². The predicted molar refractivity (Wildman–Crippen MR) is 91.2 cm³/mol. The maximum atomic E-state index is 12.8. The number of amides is 1. The molecule has 0 saturated carbocycles. The highest BCUT2D eigenvalue weighted by Crippen LogP contribution is 2.34. The van der Waals surface area contributed by atoms with Crippen LogP contribution in [0, 0.1) is 0 Å². The number of alkyl halides is 3. The van der Waals surface area contributed by atoms with Crippen LogP contribution in [0.4, 0.5) is 18.9 Å². The molecule has 0 aromatic heterocycles. The van der Waals surface area contributed by atoms with E-state index in [1.165, 1.54) is 6.07 Å². The molecule has 0 atom stereocenters. The van der Waals surface area contributed by atoms with Crippen LogP contribution in [0.2, 0.25) is 5.02 Å². The number of hydrogen-bond acceptors (Lipinski definition) is 2. The van der Waals surface area contributed by atoms with E-state index in [9.17, 15) is 18.0 Å². The van der Waals surface area contributed by atoms with Crippen LogP contribution < -0.4 is 10.1 Å². The zero-order valence-corrected chi connectivity index (χ0v) is 14.0. The number of benzene rings is 2. The predicted octanol–water partition coefficient (Wildman–Crippen LogP) is 5.57. The second-order valence-corrected chi connectivity index (χ2v) is 5.80. The highest BCUT2D eigenvalue weighted by molar-refractivity contribution is 6.34. The van der Waals surface area contributed by atoms with Crippen molar-refractivity contribution in [3.8, 4) is 5.75 Å². The summed E-state index contributed by atoms with van der Waals surface area (Å²) < 4.78 is 43.9. The lowest BCUT2D eigenvalue weighted by molar-refractivity contribution is -0.137. The lowest BCUT2D eigenvalue weighted by Crippen LogP contribution is -2.15. The Kier molecular flexibility index (Phi) is 5.74. The smallest absolute Gasteiger partial charge is 0.416 e. The van der Waals surface area contributed by atoms with Gasteiger partial charge in [0.2, 0.25) is 0 Å². The minimum absolute atomic E-state index is 0.00156. The van der Waals surface area contributed by atoms with Gasteiger partial charge in [-0.2, -0.15) is 13.2 Å². The van der Waals surface area contributed by atoms with Crippen molar-refractivity contribution < 1.29 is 22.7 Å². The van der Waals surface area contributed by atoms with Crippen LogP contribution >= 0.6 is 11.6 Å². The molecule has 2 rings (SSSR count). The third-order valence-electron chi connectivity index (χ3n) is 3.15. The summed E-state index contributed by atoms with van der Waals surface area (Å²) in [6, 6.07) is 9.12. The molecule has 0 spiro atoms. The first-order valence-corrected chi connectivity index (χ1v) is 7.60. The van der Waals surface area contributed by atoms with Gasteiger partial charge in [-0.1, -0.05) is 30.3 Å². The number of nitrogens with one attached hydrogen (secondary N) is 1. The van der Waals surface area contributed by atoms with Gasteiger partial charge in [0.15, 0.2) is 0 Å². The Morgan fingerprint density at radius 1 is 1.24 bits per heavy atom. The van der Waals surface area contributed by atoms with Gasteiger partial charge in [-0.15, -0.1) is 0 Å². The van der Waals surface area contributed by atoms with Gasteiger partial charge in [-0.3, -0.25) is 4.79 Å². The maximum absolute atomic E-state index is 12.8. The summed E-state index contributed by atoms with van der Waals surface area (Å²) >= 11 is 5.90. The molecule has 132 valence electrons. The monoisotopic (exact) mass is 369 g/mol. The summed E-state index contributed by atoms with van der Waals surface area (Å²) in [5.41, 5.74) is -0.0939. The number of anilines is 1. The average molecular weight is 370 g/mol. The van der Waals surface area contributed by atoms with Crippen molar-refractivity contribution in [2.75, 3.05) is 11.9 Å². The summed E-state index contributed by atoms with van der Waals surface area (Å²) in [4.78, 5) is 12.4. The molecule has 1 N–H and O–H groups in total. The van der Waals surface area contributed by atoms with E-state index in [1.807, 2.05) is 0 Å². The summed E-state index contributed by atoms with van der Waals surface area (Å²) in [5, 5.41) is 2.40. The second-order valence-electron chi connectivity index (χ2n) is 5.39. The Balaban J connectivity index is 2.27. The minimum atomic E-state index is -4.54. The Morgan fingerprint density at radius 3 is 2.56 bits per heavy atom. The molecule has 0 radical (unpaired) electrons. The molecule has 7 heteroatoms. The Bertz CT molecular complexity index is 803. The average Bonchev–Trinajstić information content (AvgIpc) is 2.54. The number of carbonyl (C=O) groups excluding carboxylic acids is 1. The molecule has 0 saturated heterocycles. The summed E-state index contributed by atoms with van der Waals surface area (Å²) in [5.74, 6) is -0.329. The lowest BCUT2D eigenvalue weighted by atomic mass is 10.1. The van der Waals surface area contributed by atoms with Crippen LogP contribution in [-0.2, 0) is 6.18 Å². The van der Waals surface area contributed by atoms with E-state index in [0.717, 1.165) is 23.8 Å². The van der Waals surface area contributed by atoms with E-state index in [1.54, 1.807) is 25.1 Å². The second kappa shape index (κ2) is 7.61. The molecule has 2 aromatic carbocycles. The third kappa shape index (κ3) is 5.00. The Hall–Kier alpha value is -2.47. The molecule has 25 heavy (non-hydrogen) atoms. The van der Waals surface area contributed by atoms with E-state index in [-0.39, 0.29) is 22.9 Å². The summed E-state index contributed by atoms with van der Waals surface area (Å²) in [6.45, 7) is 5.69. The molecular formula is C18H15ClF3NO2. The van der Waals surface area contributed by atoms with Crippen molar-refractivity contribution in [2.24, 2.45) is 0 Å². The van der Waals surface area contributed by atoms with Gasteiger partial charge < -0.3 is 10.1 Å². The van der Waals surface area contributed by atoms with Crippen molar-refractivity contribution in [1.82, 2.24) is 0 Å². The SMILES string of the molecule is C=C(C)COc1ccccc1C(=O)Nc1cc(C(F)(F)F)ccc1Cl. The van der Waals surface area contributed by atoms with Crippen LogP contribution in [0.5, 0.6) is 5.75 Å². The molecular weight excluding hydrogens is 355 g/mol. The fraction of sp³-hybridized carbons (Fsp3) is 0.167. The first-order chi connectivity index (χ1) is 11.7. The van der Waals surface area contributed by atoms with Crippen molar-refractivity contribution in [2.45, 2.75) is 13.1 Å². The molecule has 0 aliphatic rings. The first kappa shape index (κ1) is 18.9. The van der Waals surface area contributed by atoms with E-state index in [4.69, 9.17) is 16.3 Å². The van der Waals surface area contributed by atoms with E-state index in [0.29, 0.717) is 5.75 Å². The number of ether oxygens (including phenoxy) is 1. The maximum Gasteiger partial charge on any atom is 0.416 e. The van der Waals surface area contributed by atoms with Crippen LogP contribution in [0.25, 0.3) is 0 Å².